The second-order valence-corrected chi connectivity index (χ2v) is 5.95. The van der Waals surface area contributed by atoms with E-state index < -0.39 is 10.0 Å². The lowest BCUT2D eigenvalue weighted by atomic mass is 10.1. The minimum Gasteiger partial charge on any atom is -0.207 e. The van der Waals surface area contributed by atoms with E-state index in [-0.39, 0.29) is 0 Å². The molecule has 0 saturated heterocycles. The lowest BCUT2D eigenvalue weighted by molar-refractivity contribution is 0.486. The zero-order valence-electron chi connectivity index (χ0n) is 9.70. The van der Waals surface area contributed by atoms with Gasteiger partial charge in [-0.1, -0.05) is 13.0 Å². The molecule has 0 aliphatic heterocycles. The van der Waals surface area contributed by atoms with Crippen LogP contribution < -0.4 is 0 Å². The fraction of sp³-hybridized carbons (Fsp3) is 0.455. The number of rotatable bonds is 4. The summed E-state index contributed by atoms with van der Waals surface area (Å²) >= 11 is 5.76. The van der Waals surface area contributed by atoms with E-state index >= 15 is 0 Å². The van der Waals surface area contributed by atoms with Crippen molar-refractivity contribution < 1.29 is 8.42 Å². The molecule has 0 N–H and O–H groups in total. The summed E-state index contributed by atoms with van der Waals surface area (Å²) in [6, 6.07) is 5.05. The van der Waals surface area contributed by atoms with Gasteiger partial charge in [0, 0.05) is 19.5 Å². The number of hydrogen-bond acceptors (Lipinski definition) is 2. The first kappa shape index (κ1) is 13.5. The molecule has 0 heterocycles. The molecule has 0 radical (unpaired) electrons. The van der Waals surface area contributed by atoms with Gasteiger partial charge in [-0.25, -0.2) is 12.7 Å². The molecule has 5 heteroatoms. The van der Waals surface area contributed by atoms with Crippen LogP contribution in [0.2, 0.25) is 0 Å². The summed E-state index contributed by atoms with van der Waals surface area (Å²) in [7, 11) is -1.80. The molecule has 0 amide bonds. The van der Waals surface area contributed by atoms with Crippen LogP contribution in [0.4, 0.5) is 0 Å². The number of halogens is 1. The SMILES string of the molecule is CCN(C)S(=O)(=O)c1ccc(C)c(CCl)c1. The highest BCUT2D eigenvalue weighted by atomic mass is 35.5. The van der Waals surface area contributed by atoms with Crippen LogP contribution in [-0.2, 0) is 15.9 Å². The maximum Gasteiger partial charge on any atom is 0.242 e. The van der Waals surface area contributed by atoms with E-state index in [1.54, 1.807) is 32.2 Å². The van der Waals surface area contributed by atoms with Crippen LogP contribution >= 0.6 is 11.6 Å². The Balaban J connectivity index is 3.24. The average molecular weight is 262 g/mol. The molecule has 0 fully saturated rings. The third-order valence-corrected chi connectivity index (χ3v) is 4.83. The molecule has 0 saturated carbocycles. The van der Waals surface area contributed by atoms with Crippen molar-refractivity contribution in [1.29, 1.82) is 0 Å². The largest absolute Gasteiger partial charge is 0.242 e. The molecule has 0 aliphatic carbocycles. The molecule has 0 atom stereocenters. The van der Waals surface area contributed by atoms with Gasteiger partial charge in [-0.15, -0.1) is 11.6 Å². The Morgan fingerprint density at radius 1 is 1.38 bits per heavy atom. The molecular formula is C11H16ClNO2S. The molecule has 0 spiro atoms. The van der Waals surface area contributed by atoms with Crippen molar-refractivity contribution in [2.75, 3.05) is 13.6 Å². The van der Waals surface area contributed by atoms with E-state index in [1.807, 2.05) is 6.92 Å². The van der Waals surface area contributed by atoms with Gasteiger partial charge < -0.3 is 0 Å². The first-order valence-electron chi connectivity index (χ1n) is 5.05. The molecule has 3 nitrogen and oxygen atoms in total. The van der Waals surface area contributed by atoms with Crippen molar-refractivity contribution in [3.05, 3.63) is 29.3 Å². The molecule has 0 bridgehead atoms. The van der Waals surface area contributed by atoms with Crippen molar-refractivity contribution in [3.63, 3.8) is 0 Å². The van der Waals surface area contributed by atoms with Gasteiger partial charge in [0.2, 0.25) is 10.0 Å². The predicted molar refractivity (Wildman–Crippen MR) is 66.2 cm³/mol. The van der Waals surface area contributed by atoms with Crippen LogP contribution in [0.3, 0.4) is 0 Å². The standard InChI is InChI=1S/C11H16ClNO2S/c1-4-13(3)16(14,15)11-6-5-9(2)10(7-11)8-12/h5-7H,4,8H2,1-3H3. The molecule has 90 valence electrons. The molecule has 1 rings (SSSR count). The van der Waals surface area contributed by atoms with Crippen molar-refractivity contribution in [2.45, 2.75) is 24.6 Å². The monoisotopic (exact) mass is 261 g/mol. The Labute approximate surface area is 102 Å². The minimum absolute atomic E-state index is 0.304. The lowest BCUT2D eigenvalue weighted by Gasteiger charge is -2.15. The topological polar surface area (TPSA) is 37.4 Å². The number of alkyl halides is 1. The summed E-state index contributed by atoms with van der Waals surface area (Å²) in [4.78, 5) is 0.304. The maximum atomic E-state index is 12.0. The number of sulfonamides is 1. The van der Waals surface area contributed by atoms with Crippen LogP contribution in [-0.4, -0.2) is 26.3 Å². The molecule has 0 aliphatic rings. The summed E-state index contributed by atoms with van der Waals surface area (Å²) in [6.45, 7) is 4.16. The quantitative estimate of drug-likeness (QED) is 0.781. The highest BCUT2D eigenvalue weighted by Crippen LogP contribution is 2.19. The van der Waals surface area contributed by atoms with Crippen molar-refractivity contribution >= 4 is 21.6 Å². The van der Waals surface area contributed by atoms with Gasteiger partial charge in [0.15, 0.2) is 0 Å². The van der Waals surface area contributed by atoms with Crippen molar-refractivity contribution in [2.24, 2.45) is 0 Å². The molecule has 16 heavy (non-hydrogen) atoms. The van der Waals surface area contributed by atoms with E-state index in [0.717, 1.165) is 11.1 Å². The Morgan fingerprint density at radius 3 is 2.50 bits per heavy atom. The second-order valence-electron chi connectivity index (χ2n) is 3.64. The lowest BCUT2D eigenvalue weighted by Crippen LogP contribution is -2.26. The fourth-order valence-corrected chi connectivity index (χ4v) is 2.82. The Bertz CT molecular complexity index is 471. The van der Waals surface area contributed by atoms with Gasteiger partial charge in [-0.2, -0.15) is 0 Å². The number of hydrogen-bond donors (Lipinski definition) is 0. The Kier molecular flexibility index (Phi) is 4.35. The first-order valence-corrected chi connectivity index (χ1v) is 7.02. The normalized spacial score (nSPS) is 12.1. The molecule has 0 unspecified atom stereocenters. The molecule has 1 aromatic carbocycles. The van der Waals surface area contributed by atoms with Crippen LogP contribution in [0.15, 0.2) is 23.1 Å². The minimum atomic E-state index is -3.36. The predicted octanol–water partition coefficient (Wildman–Crippen LogP) is 2.37. The van der Waals surface area contributed by atoms with Crippen LogP contribution in [0.25, 0.3) is 0 Å². The fourth-order valence-electron chi connectivity index (χ4n) is 1.30. The Morgan fingerprint density at radius 2 is 2.00 bits per heavy atom. The van der Waals surface area contributed by atoms with Gasteiger partial charge >= 0.3 is 0 Å². The molecular weight excluding hydrogens is 246 g/mol. The highest BCUT2D eigenvalue weighted by molar-refractivity contribution is 7.89. The smallest absolute Gasteiger partial charge is 0.207 e. The second kappa shape index (κ2) is 5.17. The Hall–Kier alpha value is -0.580. The highest BCUT2D eigenvalue weighted by Gasteiger charge is 2.19. The van der Waals surface area contributed by atoms with Gasteiger partial charge in [-0.3, -0.25) is 0 Å². The van der Waals surface area contributed by atoms with Crippen LogP contribution in [0, 0.1) is 6.92 Å². The van der Waals surface area contributed by atoms with E-state index in [4.69, 9.17) is 11.6 Å². The van der Waals surface area contributed by atoms with Gasteiger partial charge in [0.25, 0.3) is 0 Å². The first-order chi connectivity index (χ1) is 7.43. The molecule has 0 aromatic heterocycles. The molecule has 1 aromatic rings. The average Bonchev–Trinajstić information content (AvgIpc) is 2.28. The van der Waals surface area contributed by atoms with Gasteiger partial charge in [0.1, 0.15) is 0 Å². The van der Waals surface area contributed by atoms with Crippen molar-refractivity contribution in [3.8, 4) is 0 Å². The number of nitrogens with zero attached hydrogens (tertiary/aromatic N) is 1. The van der Waals surface area contributed by atoms with E-state index in [9.17, 15) is 8.42 Å². The van der Waals surface area contributed by atoms with Crippen LogP contribution in [0.5, 0.6) is 0 Å². The number of benzene rings is 1. The maximum absolute atomic E-state index is 12.0. The van der Waals surface area contributed by atoms with Crippen molar-refractivity contribution in [1.82, 2.24) is 4.31 Å². The van der Waals surface area contributed by atoms with Gasteiger partial charge in [0.05, 0.1) is 4.90 Å². The summed E-state index contributed by atoms with van der Waals surface area (Å²) < 4.78 is 25.4. The summed E-state index contributed by atoms with van der Waals surface area (Å²) in [5.41, 5.74) is 1.86. The van der Waals surface area contributed by atoms with E-state index in [1.165, 1.54) is 4.31 Å². The van der Waals surface area contributed by atoms with E-state index in [2.05, 4.69) is 0 Å². The third-order valence-electron chi connectivity index (χ3n) is 2.62. The zero-order chi connectivity index (χ0) is 12.3. The summed E-state index contributed by atoms with van der Waals surface area (Å²) in [6.07, 6.45) is 0. The van der Waals surface area contributed by atoms with Crippen LogP contribution in [0.1, 0.15) is 18.1 Å². The zero-order valence-corrected chi connectivity index (χ0v) is 11.3. The summed E-state index contributed by atoms with van der Waals surface area (Å²) in [5.74, 6) is 0.324. The number of aryl methyl sites for hydroxylation is 1. The van der Waals surface area contributed by atoms with E-state index in [0.29, 0.717) is 17.3 Å². The van der Waals surface area contributed by atoms with Gasteiger partial charge in [-0.05, 0) is 30.2 Å². The third kappa shape index (κ3) is 2.56. The summed E-state index contributed by atoms with van der Waals surface area (Å²) in [5, 5.41) is 0.